The molecule has 6 heteroatoms. The number of aliphatic hydroxyl groups excluding tert-OH is 2. The Labute approximate surface area is 130 Å². The number of aliphatic hydroxyl groups is 2. The van der Waals surface area contributed by atoms with Gasteiger partial charge in [-0.1, -0.05) is 19.1 Å². The fraction of sp³-hybridized carbons (Fsp3) is 0.500. The summed E-state index contributed by atoms with van der Waals surface area (Å²) in [4.78, 5) is 18.2. The minimum Gasteiger partial charge on any atom is -0.394 e. The average molecular weight is 305 g/mol. The lowest BCUT2D eigenvalue weighted by atomic mass is 10.3. The molecular formula is C16H23N3O3. The summed E-state index contributed by atoms with van der Waals surface area (Å²) in [5.41, 5.74) is 1.97. The Hall–Kier alpha value is -1.92. The maximum atomic E-state index is 12.1. The first-order valence-corrected chi connectivity index (χ1v) is 7.53. The van der Waals surface area contributed by atoms with Crippen LogP contribution in [0.25, 0.3) is 11.0 Å². The minimum atomic E-state index is -0.894. The largest absolute Gasteiger partial charge is 0.394 e. The molecule has 22 heavy (non-hydrogen) atoms. The molecule has 0 fully saturated rings. The Morgan fingerprint density at radius 2 is 2.14 bits per heavy atom. The molecule has 0 saturated carbocycles. The molecular weight excluding hydrogens is 282 g/mol. The molecule has 0 aliphatic carbocycles. The number of rotatable bonds is 7. The normalized spacial score (nSPS) is 12.5. The van der Waals surface area contributed by atoms with Gasteiger partial charge in [0.15, 0.2) is 0 Å². The van der Waals surface area contributed by atoms with E-state index in [0.717, 1.165) is 23.3 Å². The maximum absolute atomic E-state index is 12.1. The number of hydrogen-bond donors (Lipinski definition) is 2. The molecule has 0 radical (unpaired) electrons. The standard InChI is InChI=1S/C16H23N3O3/c1-3-15-17-13-6-4-5-7-14(13)19(15)9-8-16(22)18(2)10-12(21)11-20/h4-7,12,20-21H,3,8-11H2,1-2H3. The number of benzene rings is 1. The first kappa shape index (κ1) is 16.5. The maximum Gasteiger partial charge on any atom is 0.224 e. The van der Waals surface area contributed by atoms with E-state index < -0.39 is 6.10 Å². The van der Waals surface area contributed by atoms with Crippen LogP contribution < -0.4 is 0 Å². The zero-order valence-corrected chi connectivity index (χ0v) is 13.1. The van der Waals surface area contributed by atoms with Crippen molar-refractivity contribution in [2.75, 3.05) is 20.2 Å². The van der Waals surface area contributed by atoms with E-state index in [-0.39, 0.29) is 19.1 Å². The molecule has 6 nitrogen and oxygen atoms in total. The zero-order valence-electron chi connectivity index (χ0n) is 13.1. The molecule has 0 aliphatic heterocycles. The van der Waals surface area contributed by atoms with Gasteiger partial charge in [0.1, 0.15) is 5.82 Å². The van der Waals surface area contributed by atoms with Crippen LogP contribution in [0.3, 0.4) is 0 Å². The molecule has 1 unspecified atom stereocenters. The highest BCUT2D eigenvalue weighted by atomic mass is 16.3. The van der Waals surface area contributed by atoms with Crippen molar-refractivity contribution in [1.29, 1.82) is 0 Å². The van der Waals surface area contributed by atoms with Crippen LogP contribution >= 0.6 is 0 Å². The Balaban J connectivity index is 2.06. The highest BCUT2D eigenvalue weighted by molar-refractivity contribution is 5.78. The van der Waals surface area contributed by atoms with E-state index in [1.54, 1.807) is 7.05 Å². The summed E-state index contributed by atoms with van der Waals surface area (Å²) < 4.78 is 2.07. The molecule has 0 saturated heterocycles. The van der Waals surface area contributed by atoms with Gasteiger partial charge >= 0.3 is 0 Å². The minimum absolute atomic E-state index is 0.0627. The third kappa shape index (κ3) is 3.64. The van der Waals surface area contributed by atoms with Gasteiger partial charge in [-0.2, -0.15) is 0 Å². The summed E-state index contributed by atoms with van der Waals surface area (Å²) in [5.74, 6) is 0.902. The molecule has 1 amide bonds. The first-order valence-electron chi connectivity index (χ1n) is 7.53. The number of likely N-dealkylation sites (N-methyl/N-ethyl adjacent to an activating group) is 1. The van der Waals surface area contributed by atoms with Gasteiger partial charge in [-0.15, -0.1) is 0 Å². The number of amides is 1. The monoisotopic (exact) mass is 305 g/mol. The van der Waals surface area contributed by atoms with Gasteiger partial charge in [0.2, 0.25) is 5.91 Å². The van der Waals surface area contributed by atoms with E-state index in [9.17, 15) is 9.90 Å². The van der Waals surface area contributed by atoms with Crippen molar-refractivity contribution in [2.45, 2.75) is 32.4 Å². The summed E-state index contributed by atoms with van der Waals surface area (Å²) in [5, 5.41) is 18.2. The number of para-hydroxylation sites is 2. The number of aryl methyl sites for hydroxylation is 2. The van der Waals surface area contributed by atoms with Crippen LogP contribution in [0.15, 0.2) is 24.3 Å². The fourth-order valence-electron chi connectivity index (χ4n) is 2.52. The van der Waals surface area contributed by atoms with E-state index >= 15 is 0 Å². The summed E-state index contributed by atoms with van der Waals surface area (Å²) >= 11 is 0. The second kappa shape index (κ2) is 7.38. The average Bonchev–Trinajstić information content (AvgIpc) is 2.90. The number of carbonyl (C=O) groups is 1. The molecule has 2 aromatic rings. The molecule has 1 aromatic carbocycles. The number of nitrogens with zero attached hydrogens (tertiary/aromatic N) is 3. The van der Waals surface area contributed by atoms with Gasteiger partial charge in [0.25, 0.3) is 0 Å². The summed E-state index contributed by atoms with van der Waals surface area (Å²) in [7, 11) is 1.63. The van der Waals surface area contributed by atoms with Gasteiger partial charge < -0.3 is 19.7 Å². The predicted molar refractivity (Wildman–Crippen MR) is 84.5 cm³/mol. The molecule has 2 N–H and O–H groups in total. The van der Waals surface area contributed by atoms with Crippen molar-refractivity contribution in [1.82, 2.24) is 14.5 Å². The smallest absolute Gasteiger partial charge is 0.224 e. The molecule has 1 aromatic heterocycles. The highest BCUT2D eigenvalue weighted by Crippen LogP contribution is 2.17. The zero-order chi connectivity index (χ0) is 16.1. The molecule has 0 aliphatic rings. The SMILES string of the molecule is CCc1nc2ccccc2n1CCC(=O)N(C)CC(O)CO. The second-order valence-electron chi connectivity index (χ2n) is 5.38. The molecule has 1 atom stereocenters. The Bertz CT molecular complexity index is 639. The van der Waals surface area contributed by atoms with E-state index in [1.165, 1.54) is 4.90 Å². The fourth-order valence-corrected chi connectivity index (χ4v) is 2.52. The first-order chi connectivity index (χ1) is 10.6. The molecule has 1 heterocycles. The third-order valence-corrected chi connectivity index (χ3v) is 3.72. The number of hydrogen-bond acceptors (Lipinski definition) is 4. The lowest BCUT2D eigenvalue weighted by Crippen LogP contribution is -2.36. The molecule has 0 spiro atoms. The summed E-state index contributed by atoms with van der Waals surface area (Å²) in [6.45, 7) is 2.40. The number of fused-ring (bicyclic) bond motifs is 1. The summed E-state index contributed by atoms with van der Waals surface area (Å²) in [6, 6.07) is 7.89. The van der Waals surface area contributed by atoms with Gasteiger partial charge in [0, 0.05) is 33.0 Å². The van der Waals surface area contributed by atoms with Crippen LogP contribution in [0.2, 0.25) is 0 Å². The van der Waals surface area contributed by atoms with Crippen molar-refractivity contribution in [2.24, 2.45) is 0 Å². The van der Waals surface area contributed by atoms with Gasteiger partial charge in [0.05, 0.1) is 23.7 Å². The Kier molecular flexibility index (Phi) is 5.51. The topological polar surface area (TPSA) is 78.6 Å². The Morgan fingerprint density at radius 1 is 1.41 bits per heavy atom. The number of carbonyl (C=O) groups excluding carboxylic acids is 1. The lowest BCUT2D eigenvalue weighted by Gasteiger charge is -2.20. The molecule has 0 bridgehead atoms. The summed E-state index contributed by atoms with van der Waals surface area (Å²) in [6.07, 6.45) is 0.249. The van der Waals surface area contributed by atoms with E-state index in [4.69, 9.17) is 5.11 Å². The van der Waals surface area contributed by atoms with Crippen LogP contribution in [0, 0.1) is 0 Å². The van der Waals surface area contributed by atoms with Crippen molar-refractivity contribution < 1.29 is 15.0 Å². The second-order valence-corrected chi connectivity index (χ2v) is 5.38. The predicted octanol–water partition coefficient (Wildman–Crippen LogP) is 0.800. The van der Waals surface area contributed by atoms with Crippen LogP contribution in [0.1, 0.15) is 19.2 Å². The quantitative estimate of drug-likeness (QED) is 0.793. The van der Waals surface area contributed by atoms with Crippen LogP contribution in [0.4, 0.5) is 0 Å². The van der Waals surface area contributed by atoms with E-state index in [2.05, 4.69) is 9.55 Å². The Morgan fingerprint density at radius 3 is 2.82 bits per heavy atom. The van der Waals surface area contributed by atoms with Crippen LogP contribution in [0.5, 0.6) is 0 Å². The highest BCUT2D eigenvalue weighted by Gasteiger charge is 2.15. The van der Waals surface area contributed by atoms with Gasteiger partial charge in [-0.05, 0) is 12.1 Å². The van der Waals surface area contributed by atoms with Gasteiger partial charge in [-0.25, -0.2) is 4.98 Å². The van der Waals surface area contributed by atoms with Crippen molar-refractivity contribution in [3.8, 4) is 0 Å². The van der Waals surface area contributed by atoms with Crippen molar-refractivity contribution in [3.05, 3.63) is 30.1 Å². The lowest BCUT2D eigenvalue weighted by molar-refractivity contribution is -0.131. The number of aromatic nitrogens is 2. The van der Waals surface area contributed by atoms with Crippen molar-refractivity contribution in [3.63, 3.8) is 0 Å². The van der Waals surface area contributed by atoms with Crippen molar-refractivity contribution >= 4 is 16.9 Å². The van der Waals surface area contributed by atoms with Crippen LogP contribution in [-0.2, 0) is 17.8 Å². The van der Waals surface area contributed by atoms with E-state index in [1.807, 2.05) is 31.2 Å². The van der Waals surface area contributed by atoms with E-state index in [0.29, 0.717) is 13.0 Å². The van der Waals surface area contributed by atoms with Gasteiger partial charge in [-0.3, -0.25) is 4.79 Å². The molecule has 2 rings (SSSR count). The number of imidazole rings is 1. The molecule has 120 valence electrons. The van der Waals surface area contributed by atoms with Crippen LogP contribution in [-0.4, -0.2) is 56.9 Å². The third-order valence-electron chi connectivity index (χ3n) is 3.72.